The normalized spacial score (nSPS) is 20.8. The van der Waals surface area contributed by atoms with Crippen molar-refractivity contribution in [1.29, 1.82) is 0 Å². The van der Waals surface area contributed by atoms with Crippen LogP contribution < -0.4 is 5.73 Å². The van der Waals surface area contributed by atoms with Gasteiger partial charge >= 0.3 is 6.18 Å². The van der Waals surface area contributed by atoms with Crippen LogP contribution in [0.25, 0.3) is 0 Å². The van der Waals surface area contributed by atoms with Gasteiger partial charge in [-0.2, -0.15) is 13.2 Å². The summed E-state index contributed by atoms with van der Waals surface area (Å²) >= 11 is 0. The average molecular weight is 247 g/mol. The van der Waals surface area contributed by atoms with E-state index in [-0.39, 0.29) is 5.56 Å². The predicted octanol–water partition coefficient (Wildman–Crippen LogP) is 3.60. The van der Waals surface area contributed by atoms with Gasteiger partial charge in [0.05, 0.1) is 11.1 Å². The fraction of sp³-hybridized carbons (Fsp3) is 0.500. The van der Waals surface area contributed by atoms with E-state index in [0.717, 1.165) is 18.6 Å². The van der Waals surface area contributed by atoms with E-state index < -0.39 is 23.5 Å². The molecule has 1 fully saturated rings. The molecule has 1 aliphatic rings. The summed E-state index contributed by atoms with van der Waals surface area (Å²) in [4.78, 5) is 0. The maximum Gasteiger partial charge on any atom is 0.416 e. The van der Waals surface area contributed by atoms with Gasteiger partial charge in [0.25, 0.3) is 0 Å². The molecule has 0 bridgehead atoms. The molecule has 5 heteroatoms. The van der Waals surface area contributed by atoms with Crippen LogP contribution in [0.5, 0.6) is 0 Å². The molecule has 1 saturated carbocycles. The molecule has 0 amide bonds. The van der Waals surface area contributed by atoms with Crippen molar-refractivity contribution in [3.63, 3.8) is 0 Å². The van der Waals surface area contributed by atoms with Gasteiger partial charge in [-0.05, 0) is 37.0 Å². The number of nitrogens with two attached hydrogens (primary N) is 1. The van der Waals surface area contributed by atoms with E-state index >= 15 is 0 Å². The first-order valence-corrected chi connectivity index (χ1v) is 5.43. The van der Waals surface area contributed by atoms with E-state index in [0.29, 0.717) is 12.8 Å². The van der Waals surface area contributed by atoms with Crippen molar-refractivity contribution in [3.05, 3.63) is 35.4 Å². The third kappa shape index (κ3) is 2.29. The fourth-order valence-corrected chi connectivity index (χ4v) is 2.01. The topological polar surface area (TPSA) is 26.0 Å². The molecule has 0 radical (unpaired) electrons. The van der Waals surface area contributed by atoms with E-state index in [9.17, 15) is 17.6 Å². The molecule has 2 rings (SSSR count). The van der Waals surface area contributed by atoms with E-state index in [1.807, 2.05) is 0 Å². The summed E-state index contributed by atoms with van der Waals surface area (Å²) in [5, 5.41) is 0. The first-order valence-electron chi connectivity index (χ1n) is 5.43. The molecule has 1 aromatic carbocycles. The van der Waals surface area contributed by atoms with Crippen molar-refractivity contribution in [2.24, 2.45) is 5.73 Å². The van der Waals surface area contributed by atoms with Gasteiger partial charge in [0, 0.05) is 0 Å². The molecular weight excluding hydrogens is 234 g/mol. The van der Waals surface area contributed by atoms with Crippen molar-refractivity contribution < 1.29 is 17.6 Å². The first-order chi connectivity index (χ1) is 7.83. The second-order valence-corrected chi connectivity index (χ2v) is 4.57. The zero-order valence-electron chi connectivity index (χ0n) is 9.10. The van der Waals surface area contributed by atoms with Crippen molar-refractivity contribution in [2.45, 2.75) is 37.1 Å². The van der Waals surface area contributed by atoms with Gasteiger partial charge in [-0.25, -0.2) is 4.39 Å². The molecule has 94 valence electrons. The molecule has 0 heterocycles. The number of alkyl halides is 4. The summed E-state index contributed by atoms with van der Waals surface area (Å²) in [7, 11) is 0. The van der Waals surface area contributed by atoms with Crippen LogP contribution in [-0.4, -0.2) is 5.54 Å². The Hall–Kier alpha value is -1.10. The highest BCUT2D eigenvalue weighted by Gasteiger charge is 2.42. The van der Waals surface area contributed by atoms with Crippen LogP contribution >= 0.6 is 0 Å². The van der Waals surface area contributed by atoms with Crippen molar-refractivity contribution in [3.8, 4) is 0 Å². The Kier molecular flexibility index (Phi) is 2.89. The van der Waals surface area contributed by atoms with Gasteiger partial charge in [-0.3, -0.25) is 0 Å². The molecule has 2 N–H and O–H groups in total. The van der Waals surface area contributed by atoms with Gasteiger partial charge in [0.2, 0.25) is 0 Å². The number of hydrogen-bond donors (Lipinski definition) is 1. The minimum Gasteiger partial charge on any atom is -0.322 e. The van der Waals surface area contributed by atoms with Crippen LogP contribution in [0, 0.1) is 0 Å². The molecule has 0 aromatic heterocycles. The van der Waals surface area contributed by atoms with Gasteiger partial charge < -0.3 is 5.73 Å². The molecule has 1 atom stereocenters. The molecule has 1 unspecified atom stereocenters. The van der Waals surface area contributed by atoms with Gasteiger partial charge in [-0.15, -0.1) is 0 Å². The Morgan fingerprint density at radius 1 is 1.12 bits per heavy atom. The summed E-state index contributed by atoms with van der Waals surface area (Å²) in [5.41, 5.74) is 4.37. The third-order valence-corrected chi connectivity index (χ3v) is 3.32. The smallest absolute Gasteiger partial charge is 0.322 e. The third-order valence-electron chi connectivity index (χ3n) is 3.32. The summed E-state index contributed by atoms with van der Waals surface area (Å²) in [5.74, 6) is 0. The molecular formula is C12H13F4N. The minimum absolute atomic E-state index is 0.222. The SMILES string of the molecule is NC1(C(F)c2ccc(C(F)(F)F)cc2)CCC1. The van der Waals surface area contributed by atoms with Crippen LogP contribution in [0.4, 0.5) is 17.6 Å². The van der Waals surface area contributed by atoms with Crippen molar-refractivity contribution in [2.75, 3.05) is 0 Å². The molecule has 0 saturated heterocycles. The largest absolute Gasteiger partial charge is 0.416 e. The monoisotopic (exact) mass is 247 g/mol. The number of hydrogen-bond acceptors (Lipinski definition) is 1. The van der Waals surface area contributed by atoms with Crippen LogP contribution in [0.3, 0.4) is 0 Å². The van der Waals surface area contributed by atoms with Gasteiger partial charge in [0.1, 0.15) is 6.17 Å². The molecule has 1 aliphatic carbocycles. The minimum atomic E-state index is -4.39. The molecule has 1 aromatic rings. The lowest BCUT2D eigenvalue weighted by Gasteiger charge is -2.40. The zero-order valence-corrected chi connectivity index (χ0v) is 9.10. The lowest BCUT2D eigenvalue weighted by atomic mass is 9.72. The van der Waals surface area contributed by atoms with Gasteiger partial charge in [-0.1, -0.05) is 12.1 Å². The Balaban J connectivity index is 2.18. The van der Waals surface area contributed by atoms with Crippen LogP contribution in [0.1, 0.15) is 36.6 Å². The summed E-state index contributed by atoms with van der Waals surface area (Å²) in [6, 6.07) is 4.12. The highest BCUT2D eigenvalue weighted by molar-refractivity contribution is 5.28. The quantitative estimate of drug-likeness (QED) is 0.794. The molecule has 1 nitrogen and oxygen atoms in total. The Morgan fingerprint density at radius 3 is 2.00 bits per heavy atom. The van der Waals surface area contributed by atoms with E-state index in [4.69, 9.17) is 5.73 Å². The molecule has 17 heavy (non-hydrogen) atoms. The first kappa shape index (κ1) is 12.4. The second kappa shape index (κ2) is 3.98. The lowest BCUT2D eigenvalue weighted by Crippen LogP contribution is -2.50. The highest BCUT2D eigenvalue weighted by Crippen LogP contribution is 2.42. The number of rotatable bonds is 2. The Labute approximate surface area is 96.6 Å². The number of halogens is 4. The van der Waals surface area contributed by atoms with Crippen LogP contribution in [0.15, 0.2) is 24.3 Å². The molecule has 0 aliphatic heterocycles. The lowest BCUT2D eigenvalue weighted by molar-refractivity contribution is -0.137. The predicted molar refractivity (Wildman–Crippen MR) is 56.1 cm³/mol. The van der Waals surface area contributed by atoms with E-state index in [2.05, 4.69) is 0 Å². The summed E-state index contributed by atoms with van der Waals surface area (Å²) in [6.45, 7) is 0. The van der Waals surface area contributed by atoms with Crippen LogP contribution in [0.2, 0.25) is 0 Å². The zero-order chi connectivity index (χ0) is 12.7. The molecule has 0 spiro atoms. The second-order valence-electron chi connectivity index (χ2n) is 4.57. The van der Waals surface area contributed by atoms with Gasteiger partial charge in [0.15, 0.2) is 0 Å². The van der Waals surface area contributed by atoms with Crippen molar-refractivity contribution in [1.82, 2.24) is 0 Å². The average Bonchev–Trinajstić information content (AvgIpc) is 2.24. The summed E-state index contributed by atoms with van der Waals surface area (Å²) < 4.78 is 50.9. The Morgan fingerprint density at radius 2 is 1.65 bits per heavy atom. The Bertz CT molecular complexity index is 392. The van der Waals surface area contributed by atoms with Crippen molar-refractivity contribution >= 4 is 0 Å². The fourth-order valence-electron chi connectivity index (χ4n) is 2.01. The maximum atomic E-state index is 14.0. The number of benzene rings is 1. The van der Waals surface area contributed by atoms with E-state index in [1.165, 1.54) is 12.1 Å². The standard InChI is InChI=1S/C12H13F4N/c13-10(11(17)6-1-7-11)8-2-4-9(5-3-8)12(14,15)16/h2-5,10H,1,6-7,17H2. The highest BCUT2D eigenvalue weighted by atomic mass is 19.4. The van der Waals surface area contributed by atoms with Crippen LogP contribution in [-0.2, 0) is 6.18 Å². The van der Waals surface area contributed by atoms with E-state index in [1.54, 1.807) is 0 Å². The maximum absolute atomic E-state index is 14.0. The summed E-state index contributed by atoms with van der Waals surface area (Å²) in [6.07, 6.45) is -3.75.